The lowest BCUT2D eigenvalue weighted by Gasteiger charge is -2.13. The average Bonchev–Trinajstić information content (AvgIpc) is 3.94. The van der Waals surface area contributed by atoms with Gasteiger partial charge in [0.05, 0.1) is 0 Å². The van der Waals surface area contributed by atoms with Gasteiger partial charge in [-0.2, -0.15) is 0 Å². The number of oxazole rings is 1. The van der Waals surface area contributed by atoms with Gasteiger partial charge in [0.1, 0.15) is 35.2 Å². The number of aromatic nitrogens is 1. The van der Waals surface area contributed by atoms with E-state index in [9.17, 15) is 0 Å². The smallest absolute Gasteiger partial charge is 0.228 e. The summed E-state index contributed by atoms with van der Waals surface area (Å²) in [5, 5.41) is 4.04. The highest BCUT2D eigenvalue weighted by Crippen LogP contribution is 2.39. The highest BCUT2D eigenvalue weighted by atomic mass is 127. The predicted molar refractivity (Wildman–Crippen MR) is 224 cm³/mol. The second-order valence-corrected chi connectivity index (χ2v) is 15.5. The number of benzene rings is 7. The van der Waals surface area contributed by atoms with Gasteiger partial charge in [0.15, 0.2) is 11.4 Å². The van der Waals surface area contributed by atoms with Crippen LogP contribution in [0.1, 0.15) is 16.7 Å². The second-order valence-electron chi connectivity index (χ2n) is 12.9. The van der Waals surface area contributed by atoms with Crippen molar-refractivity contribution >= 4 is 88.9 Å². The van der Waals surface area contributed by atoms with Crippen LogP contribution in [0.4, 0.5) is 0 Å². The van der Waals surface area contributed by atoms with Crippen molar-refractivity contribution in [2.24, 2.45) is 9.98 Å². The molecule has 3 aromatic heterocycles. The molecule has 0 aliphatic carbocycles. The van der Waals surface area contributed by atoms with Gasteiger partial charge in [-0.15, -0.1) is 0 Å². The maximum absolute atomic E-state index is 6.48. The van der Waals surface area contributed by atoms with Crippen LogP contribution in [0.25, 0.3) is 77.6 Å². The molecule has 53 heavy (non-hydrogen) atoms. The number of rotatable bonds is 5. The fraction of sp³-hybridized carbons (Fsp3) is 0. The van der Waals surface area contributed by atoms with E-state index in [4.69, 9.17) is 28.2 Å². The highest BCUT2D eigenvalue weighted by molar-refractivity contribution is 14.2. The minimum atomic E-state index is -0.604. The molecule has 7 aromatic carbocycles. The third kappa shape index (κ3) is 5.07. The maximum Gasteiger partial charge on any atom is 0.228 e. The minimum Gasteiger partial charge on any atom is -0.456 e. The lowest BCUT2D eigenvalue weighted by Crippen LogP contribution is -2.11. The van der Waals surface area contributed by atoms with E-state index in [1.807, 2.05) is 72.8 Å². The largest absolute Gasteiger partial charge is 0.456 e. The molecule has 0 radical (unpaired) electrons. The number of nitrogens with zero attached hydrogens (tertiary/aromatic N) is 3. The summed E-state index contributed by atoms with van der Waals surface area (Å²) in [5.74, 6) is 1.26. The Balaban J connectivity index is 1.03. The lowest BCUT2D eigenvalue weighted by molar-refractivity contribution is 0.620. The van der Waals surface area contributed by atoms with Crippen molar-refractivity contribution in [2.45, 2.75) is 0 Å². The Morgan fingerprint density at radius 1 is 0.415 bits per heavy atom. The number of hydrogen-bond acceptors (Lipinski definition) is 6. The molecule has 10 aromatic rings. The van der Waals surface area contributed by atoms with Crippen LogP contribution in [-0.4, -0.2) is 18.2 Å². The van der Waals surface area contributed by atoms with Crippen LogP contribution in [-0.2, 0) is 0 Å². The summed E-state index contributed by atoms with van der Waals surface area (Å²) in [6.07, 6.45) is 0. The molecule has 1 aliphatic heterocycles. The molecule has 0 saturated carbocycles. The van der Waals surface area contributed by atoms with Crippen LogP contribution in [0.3, 0.4) is 0 Å². The van der Waals surface area contributed by atoms with Crippen molar-refractivity contribution in [3.05, 3.63) is 174 Å². The zero-order valence-corrected chi connectivity index (χ0v) is 30.1. The van der Waals surface area contributed by atoms with Crippen molar-refractivity contribution in [3.63, 3.8) is 0 Å². The van der Waals surface area contributed by atoms with Crippen molar-refractivity contribution in [2.75, 3.05) is 0 Å². The third-order valence-electron chi connectivity index (χ3n) is 9.70. The maximum atomic E-state index is 6.48. The summed E-state index contributed by atoms with van der Waals surface area (Å²) in [4.78, 5) is 15.4. The summed E-state index contributed by atoms with van der Waals surface area (Å²) in [7, 11) is 0. The van der Waals surface area contributed by atoms with Gasteiger partial charge in [-0.25, -0.2) is 15.0 Å². The average molecular weight is 796 g/mol. The first-order valence-electron chi connectivity index (χ1n) is 17.3. The minimum absolute atomic E-state index is 0.563. The standard InChI is InChI=1S/C46H26IN3O3/c1-3-11-27(12-4-1)43-47-44(28-13-5-2-6-14-28)50-45(49-43)32-16-9-19-39-42(32)34-25-29(22-24-37(34)52-39)30-21-23-35-40(26-30)53-46(48-35)33-17-10-20-38-41(33)31-15-7-8-18-36(31)51-38/h1-26H. The number of para-hydroxylation sites is 1. The first kappa shape index (κ1) is 30.2. The fourth-order valence-electron chi connectivity index (χ4n) is 7.21. The molecule has 0 amide bonds. The summed E-state index contributed by atoms with van der Waals surface area (Å²) in [5.41, 5.74) is 10.9. The molecule has 0 bridgehead atoms. The molecule has 250 valence electrons. The number of aliphatic imine (C=N–C) groups is 2. The van der Waals surface area contributed by atoms with E-state index in [1.54, 1.807) is 0 Å². The van der Waals surface area contributed by atoms with E-state index in [1.165, 1.54) is 0 Å². The summed E-state index contributed by atoms with van der Waals surface area (Å²) in [6, 6.07) is 53.6. The molecule has 1 aliphatic rings. The van der Waals surface area contributed by atoms with Crippen LogP contribution in [0.5, 0.6) is 0 Å². The molecule has 0 atom stereocenters. The zero-order valence-electron chi connectivity index (χ0n) is 28.0. The Hall–Kier alpha value is -6.45. The summed E-state index contributed by atoms with van der Waals surface area (Å²) < 4.78 is 21.2. The molecule has 0 unspecified atom stereocenters. The van der Waals surface area contributed by atoms with Gasteiger partial charge in [0.2, 0.25) is 5.89 Å². The number of furan rings is 2. The van der Waals surface area contributed by atoms with Gasteiger partial charge in [-0.1, -0.05) is 109 Å². The molecule has 0 spiro atoms. The van der Waals surface area contributed by atoms with E-state index in [0.717, 1.165) is 90.1 Å². The van der Waals surface area contributed by atoms with Gasteiger partial charge in [0, 0.05) is 43.8 Å². The normalized spacial score (nSPS) is 13.4. The van der Waals surface area contributed by atoms with Gasteiger partial charge >= 0.3 is 0 Å². The second kappa shape index (κ2) is 12.1. The monoisotopic (exact) mass is 795 g/mol. The van der Waals surface area contributed by atoms with E-state index in [0.29, 0.717) is 17.3 Å². The fourth-order valence-corrected chi connectivity index (χ4v) is 9.74. The Morgan fingerprint density at radius 3 is 1.87 bits per heavy atom. The summed E-state index contributed by atoms with van der Waals surface area (Å²) in [6.45, 7) is 0. The number of halogens is 1. The first-order chi connectivity index (χ1) is 26.2. The van der Waals surface area contributed by atoms with E-state index < -0.39 is 20.7 Å². The van der Waals surface area contributed by atoms with Crippen LogP contribution < -0.4 is 0 Å². The molecule has 0 fully saturated rings. The Bertz CT molecular complexity index is 3130. The van der Waals surface area contributed by atoms with Crippen LogP contribution in [0, 0.1) is 0 Å². The van der Waals surface area contributed by atoms with E-state index >= 15 is 0 Å². The topological polar surface area (TPSA) is 77.0 Å². The number of fused-ring (bicyclic) bond motifs is 7. The molecule has 6 nitrogen and oxygen atoms in total. The molecule has 4 heterocycles. The van der Waals surface area contributed by atoms with Gasteiger partial charge in [0.25, 0.3) is 0 Å². The Kier molecular flexibility index (Phi) is 6.88. The van der Waals surface area contributed by atoms with Gasteiger partial charge in [-0.3, -0.25) is 0 Å². The zero-order chi connectivity index (χ0) is 34.9. The molecular weight excluding hydrogens is 769 g/mol. The Labute approximate surface area is 312 Å². The lowest BCUT2D eigenvalue weighted by atomic mass is 10.00. The Morgan fingerprint density at radius 2 is 1.06 bits per heavy atom. The summed E-state index contributed by atoms with van der Waals surface area (Å²) >= 11 is -0.604. The molecule has 7 heteroatoms. The van der Waals surface area contributed by atoms with Crippen molar-refractivity contribution in [1.82, 2.24) is 4.98 Å². The van der Waals surface area contributed by atoms with Crippen molar-refractivity contribution in [1.29, 1.82) is 0 Å². The SMILES string of the molecule is c1ccc(C2=NC(c3cccc4oc5ccc(-c6ccc7nc(-c8cccc9oc%10ccccc%10c89)oc7c6)cc5c34)=NC(c3ccccc3)=I2)cc1. The van der Waals surface area contributed by atoms with Crippen LogP contribution in [0.2, 0.25) is 0 Å². The first-order valence-corrected chi connectivity index (χ1v) is 19.5. The molecule has 11 rings (SSSR count). The quantitative estimate of drug-likeness (QED) is 0.163. The molecular formula is C46H26IN3O3. The van der Waals surface area contributed by atoms with Crippen LogP contribution in [0.15, 0.2) is 181 Å². The van der Waals surface area contributed by atoms with Crippen LogP contribution >= 0.6 is 20.7 Å². The van der Waals surface area contributed by atoms with E-state index in [-0.39, 0.29) is 0 Å². The van der Waals surface area contributed by atoms with E-state index in [2.05, 4.69) is 84.9 Å². The van der Waals surface area contributed by atoms with Crippen molar-refractivity contribution < 1.29 is 13.3 Å². The highest BCUT2D eigenvalue weighted by Gasteiger charge is 2.21. The van der Waals surface area contributed by atoms with Gasteiger partial charge < -0.3 is 13.3 Å². The van der Waals surface area contributed by atoms with Gasteiger partial charge in [-0.05, 0) is 80.4 Å². The van der Waals surface area contributed by atoms with Crippen molar-refractivity contribution in [3.8, 4) is 22.6 Å². The number of amidine groups is 1. The third-order valence-corrected chi connectivity index (χ3v) is 12.5. The molecule has 0 N–H and O–H groups in total. The predicted octanol–water partition coefficient (Wildman–Crippen LogP) is 12.3. The number of hydrogen-bond donors (Lipinski definition) is 0. The molecule has 0 saturated heterocycles.